The standard InChI is InChI=1S/C27H26N4O2S/c32-25(28-20-13-15-21(16-14-20)30-17-7-2-8-18-30)19-34-27-29-24-12-6-5-11-23(24)26(33)31(27)22-9-3-1-4-10-22/h1,3-6,9-16H,2,7-8,17-19H2,(H,28,32). The molecule has 172 valence electrons. The number of benzene rings is 3. The number of hydrogen-bond acceptors (Lipinski definition) is 5. The van der Waals surface area contributed by atoms with Crippen molar-refractivity contribution in [3.05, 3.63) is 89.2 Å². The van der Waals surface area contributed by atoms with Crippen molar-refractivity contribution in [1.82, 2.24) is 9.55 Å². The average molecular weight is 471 g/mol. The van der Waals surface area contributed by atoms with Crippen molar-refractivity contribution < 1.29 is 4.79 Å². The van der Waals surface area contributed by atoms with Crippen molar-refractivity contribution in [3.8, 4) is 5.69 Å². The van der Waals surface area contributed by atoms with Crippen LogP contribution in [0, 0.1) is 0 Å². The maximum atomic E-state index is 13.3. The number of aromatic nitrogens is 2. The first-order chi connectivity index (χ1) is 16.7. The molecule has 5 rings (SSSR count). The number of rotatable bonds is 6. The number of carbonyl (C=O) groups excluding carboxylic acids is 1. The Morgan fingerprint density at radius 1 is 0.853 bits per heavy atom. The van der Waals surface area contributed by atoms with E-state index in [0.717, 1.165) is 24.5 Å². The van der Waals surface area contributed by atoms with Gasteiger partial charge in [0.25, 0.3) is 5.56 Å². The Morgan fingerprint density at radius 3 is 2.32 bits per heavy atom. The number of nitrogens with one attached hydrogen (secondary N) is 1. The first-order valence-electron chi connectivity index (χ1n) is 11.5. The van der Waals surface area contributed by atoms with Crippen molar-refractivity contribution in [2.75, 3.05) is 29.1 Å². The van der Waals surface area contributed by atoms with Gasteiger partial charge in [-0.25, -0.2) is 4.98 Å². The highest BCUT2D eigenvalue weighted by Crippen LogP contribution is 2.24. The predicted molar refractivity (Wildman–Crippen MR) is 139 cm³/mol. The summed E-state index contributed by atoms with van der Waals surface area (Å²) in [6, 6.07) is 24.7. The van der Waals surface area contributed by atoms with Crippen LogP contribution < -0.4 is 15.8 Å². The average Bonchev–Trinajstić information content (AvgIpc) is 2.89. The van der Waals surface area contributed by atoms with E-state index in [9.17, 15) is 9.59 Å². The summed E-state index contributed by atoms with van der Waals surface area (Å²) in [7, 11) is 0. The normalized spacial score (nSPS) is 13.7. The van der Waals surface area contributed by atoms with Gasteiger partial charge >= 0.3 is 0 Å². The van der Waals surface area contributed by atoms with Gasteiger partial charge in [0.2, 0.25) is 5.91 Å². The van der Waals surface area contributed by atoms with Crippen LogP contribution in [0.2, 0.25) is 0 Å². The summed E-state index contributed by atoms with van der Waals surface area (Å²) in [5, 5.41) is 4.00. The molecule has 7 heteroatoms. The number of nitrogens with zero attached hydrogens (tertiary/aromatic N) is 3. The number of fused-ring (bicyclic) bond motifs is 1. The van der Waals surface area contributed by atoms with Crippen LogP contribution in [0.4, 0.5) is 11.4 Å². The molecule has 34 heavy (non-hydrogen) atoms. The molecule has 0 unspecified atom stereocenters. The molecule has 1 saturated heterocycles. The van der Waals surface area contributed by atoms with Gasteiger partial charge in [0.15, 0.2) is 5.16 Å². The second kappa shape index (κ2) is 10.1. The molecule has 1 N–H and O–H groups in total. The van der Waals surface area contributed by atoms with Crippen LogP contribution in [0.15, 0.2) is 88.8 Å². The van der Waals surface area contributed by atoms with E-state index >= 15 is 0 Å². The van der Waals surface area contributed by atoms with E-state index in [1.54, 1.807) is 10.6 Å². The highest BCUT2D eigenvalue weighted by molar-refractivity contribution is 7.99. The minimum Gasteiger partial charge on any atom is -0.372 e. The van der Waals surface area contributed by atoms with Gasteiger partial charge in [-0.05, 0) is 67.8 Å². The summed E-state index contributed by atoms with van der Waals surface area (Å²) >= 11 is 1.26. The Labute approximate surface area is 202 Å². The molecular formula is C27H26N4O2S. The zero-order valence-corrected chi connectivity index (χ0v) is 19.6. The molecule has 1 fully saturated rings. The van der Waals surface area contributed by atoms with E-state index < -0.39 is 0 Å². The molecular weight excluding hydrogens is 444 g/mol. The summed E-state index contributed by atoms with van der Waals surface area (Å²) in [6.07, 6.45) is 3.76. The molecule has 0 atom stereocenters. The summed E-state index contributed by atoms with van der Waals surface area (Å²) < 4.78 is 1.58. The second-order valence-electron chi connectivity index (χ2n) is 8.32. The van der Waals surface area contributed by atoms with E-state index in [2.05, 4.69) is 22.3 Å². The minimum absolute atomic E-state index is 0.141. The van der Waals surface area contributed by atoms with Crippen LogP contribution in [0.25, 0.3) is 16.6 Å². The Kier molecular flexibility index (Phi) is 6.62. The van der Waals surface area contributed by atoms with Crippen LogP contribution in [-0.2, 0) is 4.79 Å². The number of para-hydroxylation sites is 2. The SMILES string of the molecule is O=C(CSc1nc2ccccc2c(=O)n1-c1ccccc1)Nc1ccc(N2CCCCC2)cc1. The lowest BCUT2D eigenvalue weighted by atomic mass is 10.1. The smallest absolute Gasteiger partial charge is 0.266 e. The first kappa shape index (κ1) is 22.2. The van der Waals surface area contributed by atoms with Gasteiger partial charge in [0, 0.05) is 24.5 Å². The molecule has 6 nitrogen and oxygen atoms in total. The molecule has 4 aromatic rings. The maximum absolute atomic E-state index is 13.3. The molecule has 1 aliphatic heterocycles. The molecule has 0 saturated carbocycles. The van der Waals surface area contributed by atoms with Crippen LogP contribution >= 0.6 is 11.8 Å². The summed E-state index contributed by atoms with van der Waals surface area (Å²) in [6.45, 7) is 2.18. The van der Waals surface area contributed by atoms with Gasteiger partial charge in [0.05, 0.1) is 22.3 Å². The van der Waals surface area contributed by atoms with Gasteiger partial charge in [-0.1, -0.05) is 42.1 Å². The molecule has 0 bridgehead atoms. The molecule has 3 aromatic carbocycles. The lowest BCUT2D eigenvalue weighted by Gasteiger charge is -2.28. The van der Waals surface area contributed by atoms with Crippen LogP contribution in [-0.4, -0.2) is 34.3 Å². The molecule has 1 aromatic heterocycles. The summed E-state index contributed by atoms with van der Waals surface area (Å²) in [5.74, 6) is 0.00336. The number of anilines is 2. The largest absolute Gasteiger partial charge is 0.372 e. The number of carbonyl (C=O) groups is 1. The fourth-order valence-corrected chi connectivity index (χ4v) is 5.06. The molecule has 1 aliphatic rings. The molecule has 1 amide bonds. The first-order valence-corrected chi connectivity index (χ1v) is 12.5. The van der Waals surface area contributed by atoms with E-state index in [1.807, 2.05) is 60.7 Å². The van der Waals surface area contributed by atoms with E-state index in [4.69, 9.17) is 4.98 Å². The predicted octanol–water partition coefficient (Wildman–Crippen LogP) is 5.11. The van der Waals surface area contributed by atoms with Crippen molar-refractivity contribution in [1.29, 1.82) is 0 Å². The third-order valence-corrected chi connectivity index (χ3v) is 6.90. The van der Waals surface area contributed by atoms with Gasteiger partial charge in [-0.3, -0.25) is 14.2 Å². The Balaban J connectivity index is 1.32. The van der Waals surface area contributed by atoms with Crippen molar-refractivity contribution in [2.24, 2.45) is 0 Å². The number of thioether (sulfide) groups is 1. The van der Waals surface area contributed by atoms with E-state index in [0.29, 0.717) is 16.1 Å². The monoisotopic (exact) mass is 470 g/mol. The van der Waals surface area contributed by atoms with Gasteiger partial charge in [0.1, 0.15) is 0 Å². The van der Waals surface area contributed by atoms with E-state index in [1.165, 1.54) is 36.7 Å². The number of hydrogen-bond donors (Lipinski definition) is 1. The number of piperidine rings is 1. The fraction of sp³-hybridized carbons (Fsp3) is 0.222. The molecule has 0 radical (unpaired) electrons. The minimum atomic E-state index is -0.145. The summed E-state index contributed by atoms with van der Waals surface area (Å²) in [4.78, 5) is 33.0. The molecule has 0 spiro atoms. The van der Waals surface area contributed by atoms with Crippen LogP contribution in [0.5, 0.6) is 0 Å². The zero-order chi connectivity index (χ0) is 23.3. The molecule has 2 heterocycles. The highest BCUT2D eigenvalue weighted by atomic mass is 32.2. The highest BCUT2D eigenvalue weighted by Gasteiger charge is 2.15. The summed E-state index contributed by atoms with van der Waals surface area (Å²) in [5.41, 5.74) is 3.16. The van der Waals surface area contributed by atoms with Crippen molar-refractivity contribution in [3.63, 3.8) is 0 Å². The maximum Gasteiger partial charge on any atom is 0.266 e. The fourth-order valence-electron chi connectivity index (χ4n) is 4.25. The van der Waals surface area contributed by atoms with Gasteiger partial charge in [-0.15, -0.1) is 0 Å². The van der Waals surface area contributed by atoms with E-state index in [-0.39, 0.29) is 17.2 Å². The van der Waals surface area contributed by atoms with Crippen LogP contribution in [0.3, 0.4) is 0 Å². The quantitative estimate of drug-likeness (QED) is 0.313. The second-order valence-corrected chi connectivity index (χ2v) is 9.26. The lowest BCUT2D eigenvalue weighted by Crippen LogP contribution is -2.29. The van der Waals surface area contributed by atoms with Gasteiger partial charge < -0.3 is 10.2 Å². The Bertz CT molecular complexity index is 1350. The van der Waals surface area contributed by atoms with Crippen molar-refractivity contribution in [2.45, 2.75) is 24.4 Å². The third-order valence-electron chi connectivity index (χ3n) is 5.96. The Morgan fingerprint density at radius 2 is 1.56 bits per heavy atom. The molecule has 0 aliphatic carbocycles. The zero-order valence-electron chi connectivity index (χ0n) is 18.8. The number of amides is 1. The third kappa shape index (κ3) is 4.84. The van der Waals surface area contributed by atoms with Crippen LogP contribution in [0.1, 0.15) is 19.3 Å². The Hall–Kier alpha value is -3.58. The van der Waals surface area contributed by atoms with Crippen molar-refractivity contribution >= 4 is 39.9 Å². The van der Waals surface area contributed by atoms with Gasteiger partial charge in [-0.2, -0.15) is 0 Å². The topological polar surface area (TPSA) is 67.2 Å². The lowest BCUT2D eigenvalue weighted by molar-refractivity contribution is -0.113.